The number of nitrogens with zero attached hydrogens (tertiary/aromatic N) is 4. The molecule has 0 N–H and O–H groups in total. The molecule has 1 aromatic carbocycles. The summed E-state index contributed by atoms with van der Waals surface area (Å²) in [7, 11) is 1.58. The number of hydrogen-bond donors (Lipinski definition) is 0. The van der Waals surface area contributed by atoms with Gasteiger partial charge in [-0.1, -0.05) is 6.07 Å². The van der Waals surface area contributed by atoms with E-state index < -0.39 is 0 Å². The highest BCUT2D eigenvalue weighted by Crippen LogP contribution is 2.16. The molecule has 3 rings (SSSR count). The van der Waals surface area contributed by atoms with Crippen molar-refractivity contribution in [1.82, 2.24) is 19.6 Å². The Morgan fingerprint density at radius 2 is 1.74 bits per heavy atom. The summed E-state index contributed by atoms with van der Waals surface area (Å²) >= 11 is 0. The van der Waals surface area contributed by atoms with E-state index in [0.717, 1.165) is 17.0 Å². The second kappa shape index (κ2) is 7.82. The summed E-state index contributed by atoms with van der Waals surface area (Å²) in [6, 6.07) is 7.15. The van der Waals surface area contributed by atoms with Crippen molar-refractivity contribution in [3.8, 4) is 5.75 Å². The lowest BCUT2D eigenvalue weighted by Gasteiger charge is -2.35. The van der Waals surface area contributed by atoms with Crippen molar-refractivity contribution in [2.24, 2.45) is 0 Å². The van der Waals surface area contributed by atoms with Gasteiger partial charge in [-0.15, -0.1) is 0 Å². The van der Waals surface area contributed by atoms with Crippen LogP contribution in [-0.4, -0.2) is 64.7 Å². The molecule has 0 aliphatic carbocycles. The van der Waals surface area contributed by atoms with Gasteiger partial charge in [0.15, 0.2) is 0 Å². The Morgan fingerprint density at radius 3 is 2.33 bits per heavy atom. The molecule has 7 nitrogen and oxygen atoms in total. The molecule has 0 spiro atoms. The number of benzene rings is 1. The summed E-state index contributed by atoms with van der Waals surface area (Å²) < 4.78 is 6.95. The molecular formula is C20H26N4O3. The SMILES string of the molecule is COc1cccc(C(=O)N2CCN(C(=O)Cn3nc(C)c(C)c3C)CC2)c1. The number of aryl methyl sites for hydroxylation is 1. The minimum atomic E-state index is -0.0323. The number of aromatic nitrogens is 2. The Bertz CT molecular complexity index is 851. The first-order valence-corrected chi connectivity index (χ1v) is 9.12. The number of carbonyl (C=O) groups is 2. The maximum atomic E-state index is 12.7. The van der Waals surface area contributed by atoms with E-state index in [4.69, 9.17) is 4.74 Å². The number of amides is 2. The van der Waals surface area contributed by atoms with Crippen LogP contribution in [0.3, 0.4) is 0 Å². The van der Waals surface area contributed by atoms with Crippen LogP contribution in [-0.2, 0) is 11.3 Å². The number of carbonyl (C=O) groups excluding carboxylic acids is 2. The zero-order valence-electron chi connectivity index (χ0n) is 16.4. The van der Waals surface area contributed by atoms with Gasteiger partial charge in [0, 0.05) is 37.4 Å². The fraction of sp³-hybridized carbons (Fsp3) is 0.450. The Labute approximate surface area is 159 Å². The van der Waals surface area contributed by atoms with E-state index in [1.807, 2.05) is 32.9 Å². The topological polar surface area (TPSA) is 67.7 Å². The summed E-state index contributed by atoms with van der Waals surface area (Å²) in [5.74, 6) is 0.666. The smallest absolute Gasteiger partial charge is 0.254 e. The molecule has 0 bridgehead atoms. The van der Waals surface area contributed by atoms with Gasteiger partial charge < -0.3 is 14.5 Å². The molecule has 2 aromatic rings. The van der Waals surface area contributed by atoms with Crippen LogP contribution in [0.25, 0.3) is 0 Å². The summed E-state index contributed by atoms with van der Waals surface area (Å²) in [5, 5.41) is 4.44. The first-order chi connectivity index (χ1) is 12.9. The maximum Gasteiger partial charge on any atom is 0.254 e. The van der Waals surface area contributed by atoms with Crippen molar-refractivity contribution in [2.45, 2.75) is 27.3 Å². The Kier molecular flexibility index (Phi) is 5.48. The number of piperazine rings is 1. The molecule has 2 amide bonds. The molecule has 144 valence electrons. The predicted molar refractivity (Wildman–Crippen MR) is 102 cm³/mol. The number of hydrogen-bond acceptors (Lipinski definition) is 4. The van der Waals surface area contributed by atoms with Crippen molar-refractivity contribution in [1.29, 1.82) is 0 Å². The fourth-order valence-corrected chi connectivity index (χ4v) is 3.27. The third-order valence-electron chi connectivity index (χ3n) is 5.26. The zero-order chi connectivity index (χ0) is 19.6. The molecule has 0 unspecified atom stereocenters. The third kappa shape index (κ3) is 3.97. The lowest BCUT2D eigenvalue weighted by molar-refractivity contribution is -0.133. The summed E-state index contributed by atoms with van der Waals surface area (Å²) in [5.41, 5.74) is 3.70. The van der Waals surface area contributed by atoms with E-state index in [1.165, 1.54) is 0 Å². The molecule has 0 atom stereocenters. The number of methoxy groups -OCH3 is 1. The van der Waals surface area contributed by atoms with Gasteiger partial charge in [0.2, 0.25) is 5.91 Å². The molecule has 1 saturated heterocycles. The third-order valence-corrected chi connectivity index (χ3v) is 5.26. The molecule has 1 aliphatic rings. The van der Waals surface area contributed by atoms with Gasteiger partial charge in [-0.25, -0.2) is 0 Å². The molecule has 2 heterocycles. The predicted octanol–water partition coefficient (Wildman–Crippen LogP) is 1.80. The molecular weight excluding hydrogens is 344 g/mol. The van der Waals surface area contributed by atoms with E-state index in [-0.39, 0.29) is 18.4 Å². The van der Waals surface area contributed by atoms with Crippen LogP contribution in [0.1, 0.15) is 27.3 Å². The molecule has 1 aliphatic heterocycles. The first-order valence-electron chi connectivity index (χ1n) is 9.12. The lowest BCUT2D eigenvalue weighted by Crippen LogP contribution is -2.51. The van der Waals surface area contributed by atoms with Crippen molar-refractivity contribution in [3.05, 3.63) is 46.8 Å². The Hall–Kier alpha value is -2.83. The van der Waals surface area contributed by atoms with Gasteiger partial charge >= 0.3 is 0 Å². The van der Waals surface area contributed by atoms with Crippen LogP contribution in [0.5, 0.6) is 5.75 Å². The van der Waals surface area contributed by atoms with Gasteiger partial charge in [-0.05, 0) is 44.5 Å². The fourth-order valence-electron chi connectivity index (χ4n) is 3.27. The van der Waals surface area contributed by atoms with E-state index >= 15 is 0 Å². The monoisotopic (exact) mass is 370 g/mol. The zero-order valence-corrected chi connectivity index (χ0v) is 16.4. The van der Waals surface area contributed by atoms with Crippen LogP contribution in [0.4, 0.5) is 0 Å². The minimum Gasteiger partial charge on any atom is -0.497 e. The Balaban J connectivity index is 1.58. The highest BCUT2D eigenvalue weighted by atomic mass is 16.5. The average molecular weight is 370 g/mol. The normalized spacial score (nSPS) is 14.4. The van der Waals surface area contributed by atoms with Gasteiger partial charge in [0.25, 0.3) is 5.91 Å². The van der Waals surface area contributed by atoms with Crippen LogP contribution in [0.15, 0.2) is 24.3 Å². The van der Waals surface area contributed by atoms with Crippen LogP contribution in [0, 0.1) is 20.8 Å². The van der Waals surface area contributed by atoms with E-state index in [1.54, 1.807) is 33.7 Å². The highest BCUT2D eigenvalue weighted by Gasteiger charge is 2.25. The summed E-state index contributed by atoms with van der Waals surface area (Å²) in [4.78, 5) is 28.9. The average Bonchev–Trinajstić information content (AvgIpc) is 2.94. The van der Waals surface area contributed by atoms with Crippen molar-refractivity contribution >= 4 is 11.8 Å². The van der Waals surface area contributed by atoms with Gasteiger partial charge in [-0.3, -0.25) is 14.3 Å². The standard InChI is InChI=1S/C20H26N4O3/c1-14-15(2)21-24(16(14)3)13-19(25)22-8-10-23(11-9-22)20(26)17-6-5-7-18(12-17)27-4/h5-7,12H,8-11,13H2,1-4H3. The van der Waals surface area contributed by atoms with E-state index in [2.05, 4.69) is 5.10 Å². The molecule has 1 fully saturated rings. The molecule has 7 heteroatoms. The summed E-state index contributed by atoms with van der Waals surface area (Å²) in [6.07, 6.45) is 0. The Morgan fingerprint density at radius 1 is 1.07 bits per heavy atom. The maximum absolute atomic E-state index is 12.7. The number of ether oxygens (including phenoxy) is 1. The second-order valence-corrected chi connectivity index (χ2v) is 6.86. The van der Waals surface area contributed by atoms with Crippen molar-refractivity contribution < 1.29 is 14.3 Å². The largest absolute Gasteiger partial charge is 0.497 e. The molecule has 0 saturated carbocycles. The number of rotatable bonds is 4. The summed E-state index contributed by atoms with van der Waals surface area (Å²) in [6.45, 7) is 8.31. The van der Waals surface area contributed by atoms with Gasteiger partial charge in [0.05, 0.1) is 12.8 Å². The van der Waals surface area contributed by atoms with Crippen molar-refractivity contribution in [2.75, 3.05) is 33.3 Å². The quantitative estimate of drug-likeness (QED) is 0.823. The van der Waals surface area contributed by atoms with Gasteiger partial charge in [-0.2, -0.15) is 5.10 Å². The molecule has 0 radical (unpaired) electrons. The van der Waals surface area contributed by atoms with E-state index in [9.17, 15) is 9.59 Å². The van der Waals surface area contributed by atoms with Gasteiger partial charge in [0.1, 0.15) is 12.3 Å². The highest BCUT2D eigenvalue weighted by molar-refractivity contribution is 5.94. The van der Waals surface area contributed by atoms with Crippen LogP contribution >= 0.6 is 0 Å². The lowest BCUT2D eigenvalue weighted by atomic mass is 10.1. The second-order valence-electron chi connectivity index (χ2n) is 6.86. The molecule has 27 heavy (non-hydrogen) atoms. The van der Waals surface area contributed by atoms with Crippen molar-refractivity contribution in [3.63, 3.8) is 0 Å². The van der Waals surface area contributed by atoms with Crippen LogP contribution < -0.4 is 4.74 Å². The first kappa shape index (κ1) is 18.9. The van der Waals surface area contributed by atoms with E-state index in [0.29, 0.717) is 37.5 Å². The minimum absolute atomic E-state index is 0.0323. The molecule has 1 aromatic heterocycles. The van der Waals surface area contributed by atoms with Crippen LogP contribution in [0.2, 0.25) is 0 Å².